The highest BCUT2D eigenvalue weighted by Gasteiger charge is 2.23. The van der Waals surface area contributed by atoms with Crippen LogP contribution in [0.4, 0.5) is 11.7 Å². The van der Waals surface area contributed by atoms with E-state index in [0.717, 1.165) is 39.2 Å². The van der Waals surface area contributed by atoms with Crippen molar-refractivity contribution in [2.45, 2.75) is 53.6 Å². The maximum absolute atomic E-state index is 14.0. The Balaban J connectivity index is 1.65. The van der Waals surface area contributed by atoms with Crippen LogP contribution in [-0.2, 0) is 24.3 Å². The van der Waals surface area contributed by atoms with E-state index in [9.17, 15) is 9.59 Å². The van der Waals surface area contributed by atoms with Crippen molar-refractivity contribution in [2.75, 3.05) is 19.0 Å². The van der Waals surface area contributed by atoms with Gasteiger partial charge in [-0.15, -0.1) is 0 Å². The highest BCUT2D eigenvalue weighted by molar-refractivity contribution is 5.88. The molecule has 1 aliphatic rings. The van der Waals surface area contributed by atoms with Gasteiger partial charge < -0.3 is 13.9 Å². The maximum atomic E-state index is 14.0. The van der Waals surface area contributed by atoms with Crippen molar-refractivity contribution < 1.29 is 18.7 Å². The fourth-order valence-corrected chi connectivity index (χ4v) is 5.22. The number of benzene rings is 2. The number of ether oxygens (including phenoxy) is 2. The minimum atomic E-state index is -0.316. The summed E-state index contributed by atoms with van der Waals surface area (Å²) in [5.74, 6) is 0.966. The third-order valence-electron chi connectivity index (χ3n) is 6.97. The molecule has 1 N–H and O–H groups in total. The summed E-state index contributed by atoms with van der Waals surface area (Å²) in [5.41, 5.74) is 6.90. The maximum Gasteiger partial charge on any atom is 0.330 e. The molecule has 1 aliphatic heterocycles. The summed E-state index contributed by atoms with van der Waals surface area (Å²) in [6, 6.07) is 10.1. The van der Waals surface area contributed by atoms with Crippen LogP contribution in [0.25, 0.3) is 11.3 Å². The highest BCUT2D eigenvalue weighted by atomic mass is 16.5. The van der Waals surface area contributed by atoms with Crippen LogP contribution in [0.2, 0.25) is 0 Å². The van der Waals surface area contributed by atoms with Crippen LogP contribution >= 0.6 is 0 Å². The summed E-state index contributed by atoms with van der Waals surface area (Å²) in [5, 5.41) is 2.61. The summed E-state index contributed by atoms with van der Waals surface area (Å²) in [4.78, 5) is 35.5. The SMILES string of the molecule is CCOc1cc2c(cc1OC)-c1cc(=Nc3c(C)cc(C)cc3C)n(CCC(=O)Nc3ncco3)c(=O)n1CC2. The Kier molecular flexibility index (Phi) is 7.59. The normalized spacial score (nSPS) is 12.6. The topological polar surface area (TPSA) is 113 Å². The molecule has 0 atom stereocenters. The lowest BCUT2D eigenvalue weighted by Gasteiger charge is -2.25. The number of amides is 1. The van der Waals surface area contributed by atoms with E-state index in [4.69, 9.17) is 18.9 Å². The van der Waals surface area contributed by atoms with Crippen LogP contribution < -0.4 is 26.0 Å². The minimum absolute atomic E-state index is 0.0398. The molecule has 0 radical (unpaired) electrons. The Morgan fingerprint density at radius 3 is 2.58 bits per heavy atom. The van der Waals surface area contributed by atoms with E-state index in [1.165, 1.54) is 12.5 Å². The first kappa shape index (κ1) is 27.0. The molecule has 0 fully saturated rings. The average Bonchev–Trinajstić information content (AvgIpc) is 3.43. The van der Waals surface area contributed by atoms with Gasteiger partial charge in [0.25, 0.3) is 0 Å². The molecule has 0 spiro atoms. The van der Waals surface area contributed by atoms with Gasteiger partial charge >= 0.3 is 11.7 Å². The molecular formula is C30H33N5O5. The summed E-state index contributed by atoms with van der Waals surface area (Å²) in [6.07, 6.45) is 3.53. The number of aryl methyl sites for hydroxylation is 4. The summed E-state index contributed by atoms with van der Waals surface area (Å²) < 4.78 is 19.8. The fraction of sp³-hybridized carbons (Fsp3) is 0.333. The number of hydrogen-bond donors (Lipinski definition) is 1. The van der Waals surface area contributed by atoms with Crippen molar-refractivity contribution in [3.8, 4) is 22.8 Å². The van der Waals surface area contributed by atoms with Crippen LogP contribution in [0.15, 0.2) is 57.0 Å². The predicted octanol–water partition coefficient (Wildman–Crippen LogP) is 4.45. The Morgan fingerprint density at radius 1 is 1.12 bits per heavy atom. The molecule has 5 rings (SSSR count). The summed E-state index contributed by atoms with van der Waals surface area (Å²) >= 11 is 0. The molecule has 0 aliphatic carbocycles. The van der Waals surface area contributed by atoms with Gasteiger partial charge in [-0.1, -0.05) is 17.7 Å². The van der Waals surface area contributed by atoms with Crippen molar-refractivity contribution in [3.63, 3.8) is 0 Å². The van der Waals surface area contributed by atoms with Gasteiger partial charge in [0.2, 0.25) is 5.91 Å². The largest absolute Gasteiger partial charge is 0.493 e. The van der Waals surface area contributed by atoms with E-state index in [-0.39, 0.29) is 30.6 Å². The zero-order chi connectivity index (χ0) is 28.4. The second kappa shape index (κ2) is 11.3. The first-order valence-electron chi connectivity index (χ1n) is 13.3. The van der Waals surface area contributed by atoms with Gasteiger partial charge in [0.15, 0.2) is 11.5 Å². The standard InChI is InChI=1S/C30H33N5O5/c1-6-39-25-15-21-7-10-34-23(22(21)16-24(25)38-5)17-26(32-28-19(3)13-18(2)14-20(28)4)35(30(34)37)11-8-27(36)33-29-31-9-12-40-29/h9,12-17H,6-8,10-11H2,1-5H3,(H,31,33,36). The lowest BCUT2D eigenvalue weighted by atomic mass is 9.97. The van der Waals surface area contributed by atoms with E-state index in [1.54, 1.807) is 16.2 Å². The number of nitrogens with zero attached hydrogens (tertiary/aromatic N) is 4. The van der Waals surface area contributed by atoms with E-state index < -0.39 is 0 Å². The molecule has 0 saturated carbocycles. The molecule has 0 unspecified atom stereocenters. The van der Waals surface area contributed by atoms with Gasteiger partial charge in [-0.3, -0.25) is 19.2 Å². The number of hydrogen-bond acceptors (Lipinski definition) is 7. The van der Waals surface area contributed by atoms with Crippen molar-refractivity contribution in [1.29, 1.82) is 0 Å². The van der Waals surface area contributed by atoms with Gasteiger partial charge in [0.05, 0.1) is 31.3 Å². The van der Waals surface area contributed by atoms with Crippen molar-refractivity contribution in [2.24, 2.45) is 4.99 Å². The number of fused-ring (bicyclic) bond motifs is 3. The molecule has 208 valence electrons. The Bertz CT molecular complexity index is 1680. The molecule has 2 aromatic heterocycles. The predicted molar refractivity (Wildman–Crippen MR) is 151 cm³/mol. The van der Waals surface area contributed by atoms with Crippen LogP contribution in [0.5, 0.6) is 11.5 Å². The van der Waals surface area contributed by atoms with Gasteiger partial charge in [-0.25, -0.2) is 14.8 Å². The monoisotopic (exact) mass is 543 g/mol. The summed E-state index contributed by atoms with van der Waals surface area (Å²) in [6.45, 7) is 9.13. The van der Waals surface area contributed by atoms with Crippen molar-refractivity contribution in [1.82, 2.24) is 14.1 Å². The first-order valence-corrected chi connectivity index (χ1v) is 13.3. The molecule has 10 heteroatoms. The molecular weight excluding hydrogens is 510 g/mol. The Labute approximate surface area is 231 Å². The van der Waals surface area contributed by atoms with E-state index >= 15 is 0 Å². The molecule has 0 bridgehead atoms. The third-order valence-corrected chi connectivity index (χ3v) is 6.97. The highest BCUT2D eigenvalue weighted by Crippen LogP contribution is 2.37. The number of methoxy groups -OCH3 is 1. The van der Waals surface area contributed by atoms with Crippen LogP contribution in [0.1, 0.15) is 35.6 Å². The zero-order valence-electron chi connectivity index (χ0n) is 23.4. The molecule has 40 heavy (non-hydrogen) atoms. The first-order chi connectivity index (χ1) is 19.3. The van der Waals surface area contributed by atoms with Crippen LogP contribution in [0, 0.1) is 20.8 Å². The Morgan fingerprint density at radius 2 is 1.90 bits per heavy atom. The number of carbonyl (C=O) groups excluding carboxylic acids is 1. The molecule has 4 aromatic rings. The van der Waals surface area contributed by atoms with E-state index in [0.29, 0.717) is 36.6 Å². The number of oxazole rings is 1. The molecule has 1 amide bonds. The molecule has 0 saturated heterocycles. The van der Waals surface area contributed by atoms with Crippen molar-refractivity contribution in [3.05, 3.63) is 81.0 Å². The van der Waals surface area contributed by atoms with E-state index in [1.807, 2.05) is 45.9 Å². The fourth-order valence-electron chi connectivity index (χ4n) is 5.22. The van der Waals surface area contributed by atoms with Crippen LogP contribution in [0.3, 0.4) is 0 Å². The molecule has 2 aromatic carbocycles. The van der Waals surface area contributed by atoms with Crippen molar-refractivity contribution >= 4 is 17.6 Å². The number of nitrogens with one attached hydrogen (secondary N) is 1. The Hall–Kier alpha value is -4.60. The number of carbonyl (C=O) groups is 1. The number of anilines is 1. The smallest absolute Gasteiger partial charge is 0.330 e. The summed E-state index contributed by atoms with van der Waals surface area (Å²) in [7, 11) is 1.60. The van der Waals surface area contributed by atoms with Gasteiger partial charge in [0, 0.05) is 31.1 Å². The van der Waals surface area contributed by atoms with Crippen LogP contribution in [-0.4, -0.2) is 33.7 Å². The molecule has 10 nitrogen and oxygen atoms in total. The lowest BCUT2D eigenvalue weighted by Crippen LogP contribution is -2.42. The quantitative estimate of drug-likeness (QED) is 0.351. The second-order valence-electron chi connectivity index (χ2n) is 9.81. The number of aromatic nitrogens is 3. The van der Waals surface area contributed by atoms with Gasteiger partial charge in [-0.05, 0) is 62.9 Å². The van der Waals surface area contributed by atoms with Gasteiger partial charge in [0.1, 0.15) is 11.8 Å². The minimum Gasteiger partial charge on any atom is -0.493 e. The second-order valence-corrected chi connectivity index (χ2v) is 9.81. The number of rotatable bonds is 8. The average molecular weight is 544 g/mol. The van der Waals surface area contributed by atoms with E-state index in [2.05, 4.69) is 22.4 Å². The molecule has 3 heterocycles. The zero-order valence-corrected chi connectivity index (χ0v) is 23.4. The van der Waals surface area contributed by atoms with Gasteiger partial charge in [-0.2, -0.15) is 0 Å². The third kappa shape index (κ3) is 5.29. The lowest BCUT2D eigenvalue weighted by molar-refractivity contribution is -0.116.